The number of benzene rings is 2. The van der Waals surface area contributed by atoms with E-state index in [0.717, 1.165) is 4.57 Å². The van der Waals surface area contributed by atoms with Crippen LogP contribution in [0.3, 0.4) is 0 Å². The lowest BCUT2D eigenvalue weighted by molar-refractivity contribution is -0.116. The van der Waals surface area contributed by atoms with Gasteiger partial charge in [-0.2, -0.15) is 0 Å². The smallest absolute Gasteiger partial charge is 0.420 e. The summed E-state index contributed by atoms with van der Waals surface area (Å²) >= 11 is 6.01. The Labute approximate surface area is 146 Å². The van der Waals surface area contributed by atoms with Gasteiger partial charge in [0.05, 0.1) is 11.1 Å². The fourth-order valence-electron chi connectivity index (χ4n) is 2.42. The summed E-state index contributed by atoms with van der Waals surface area (Å²) in [5, 5.41) is 12.3. The van der Waals surface area contributed by atoms with E-state index in [1.54, 1.807) is 25.1 Å². The molecule has 0 unspecified atom stereocenters. The first-order valence-corrected chi connectivity index (χ1v) is 7.66. The van der Waals surface area contributed by atoms with E-state index in [1.807, 2.05) is 0 Å². The lowest BCUT2D eigenvalue weighted by Crippen LogP contribution is -2.25. The van der Waals surface area contributed by atoms with Gasteiger partial charge < -0.3 is 14.8 Å². The van der Waals surface area contributed by atoms with Crippen molar-refractivity contribution in [1.29, 1.82) is 0 Å². The third kappa shape index (κ3) is 3.27. The molecule has 2 aromatic carbocycles. The van der Waals surface area contributed by atoms with Crippen molar-refractivity contribution < 1.29 is 19.1 Å². The summed E-state index contributed by atoms with van der Waals surface area (Å²) in [6.07, 6.45) is 0. The third-order valence-corrected chi connectivity index (χ3v) is 4.17. The van der Waals surface area contributed by atoms with Gasteiger partial charge in [0.15, 0.2) is 5.58 Å². The molecule has 128 valence electrons. The van der Waals surface area contributed by atoms with Crippen LogP contribution in [0.1, 0.15) is 15.9 Å². The van der Waals surface area contributed by atoms with Crippen molar-refractivity contribution in [2.45, 2.75) is 13.5 Å². The number of hydrogen-bond donors (Lipinski definition) is 2. The summed E-state index contributed by atoms with van der Waals surface area (Å²) in [6.45, 7) is 1.44. The number of anilines is 1. The maximum Gasteiger partial charge on any atom is 0.420 e. The van der Waals surface area contributed by atoms with Crippen molar-refractivity contribution >= 4 is 40.3 Å². The maximum absolute atomic E-state index is 12.3. The van der Waals surface area contributed by atoms with Crippen LogP contribution in [-0.4, -0.2) is 21.6 Å². The number of carbonyl (C=O) groups is 2. The van der Waals surface area contributed by atoms with Gasteiger partial charge in [-0.1, -0.05) is 17.7 Å². The Morgan fingerprint density at radius 3 is 2.76 bits per heavy atom. The Morgan fingerprint density at radius 1 is 1.28 bits per heavy atom. The van der Waals surface area contributed by atoms with Crippen LogP contribution < -0.4 is 11.1 Å². The highest BCUT2D eigenvalue weighted by atomic mass is 35.5. The number of hydrogen-bond acceptors (Lipinski definition) is 4. The van der Waals surface area contributed by atoms with Crippen LogP contribution in [0.5, 0.6) is 0 Å². The molecule has 1 amide bonds. The first kappa shape index (κ1) is 16.8. The molecule has 1 heterocycles. The van der Waals surface area contributed by atoms with E-state index in [9.17, 15) is 14.4 Å². The Bertz CT molecular complexity index is 1050. The van der Waals surface area contributed by atoms with Gasteiger partial charge in [0.2, 0.25) is 5.91 Å². The number of halogens is 1. The number of fused-ring (bicyclic) bond motifs is 1. The van der Waals surface area contributed by atoms with Gasteiger partial charge in [-0.3, -0.25) is 9.36 Å². The van der Waals surface area contributed by atoms with E-state index >= 15 is 0 Å². The van der Waals surface area contributed by atoms with Crippen molar-refractivity contribution in [2.75, 3.05) is 5.32 Å². The number of rotatable bonds is 4. The first-order valence-electron chi connectivity index (χ1n) is 7.28. The van der Waals surface area contributed by atoms with E-state index in [4.69, 9.17) is 21.1 Å². The standard InChI is InChI=1S/C17H13ClN2O5/c1-9-11(18)3-2-4-12(9)19-15(21)8-20-13-7-10(16(22)23)5-6-14(13)25-17(20)24/h2-7H,8H2,1H3,(H,19,21)(H,22,23). The summed E-state index contributed by atoms with van der Waals surface area (Å²) in [4.78, 5) is 35.3. The van der Waals surface area contributed by atoms with E-state index in [2.05, 4.69) is 5.32 Å². The number of nitrogens with one attached hydrogen (secondary N) is 1. The number of oxazole rings is 1. The minimum Gasteiger partial charge on any atom is -0.478 e. The predicted molar refractivity (Wildman–Crippen MR) is 92.3 cm³/mol. The normalized spacial score (nSPS) is 10.8. The number of aromatic nitrogens is 1. The molecule has 0 saturated carbocycles. The molecule has 1 aromatic heterocycles. The average molecular weight is 361 g/mol. The van der Waals surface area contributed by atoms with Gasteiger partial charge in [-0.25, -0.2) is 9.59 Å². The van der Waals surface area contributed by atoms with Crippen LogP contribution in [0.4, 0.5) is 5.69 Å². The molecule has 3 aromatic rings. The zero-order valence-electron chi connectivity index (χ0n) is 13.1. The lowest BCUT2D eigenvalue weighted by atomic mass is 10.2. The zero-order valence-corrected chi connectivity index (χ0v) is 13.8. The number of nitrogens with zero attached hydrogens (tertiary/aromatic N) is 1. The summed E-state index contributed by atoms with van der Waals surface area (Å²) < 4.78 is 6.12. The molecule has 25 heavy (non-hydrogen) atoms. The van der Waals surface area contributed by atoms with Crippen molar-refractivity contribution in [2.24, 2.45) is 0 Å². The van der Waals surface area contributed by atoms with Crippen molar-refractivity contribution in [3.8, 4) is 0 Å². The highest BCUT2D eigenvalue weighted by Crippen LogP contribution is 2.23. The fraction of sp³-hybridized carbons (Fsp3) is 0.118. The monoisotopic (exact) mass is 360 g/mol. The molecule has 2 N–H and O–H groups in total. The molecule has 0 aliphatic carbocycles. The van der Waals surface area contributed by atoms with Crippen LogP contribution in [0.15, 0.2) is 45.6 Å². The molecule has 3 rings (SSSR count). The second-order valence-electron chi connectivity index (χ2n) is 5.40. The minimum atomic E-state index is -1.14. The Hall–Kier alpha value is -3.06. The van der Waals surface area contributed by atoms with Gasteiger partial charge in [-0.15, -0.1) is 0 Å². The largest absolute Gasteiger partial charge is 0.478 e. The molecule has 0 spiro atoms. The number of carboxylic acid groups (broad SMARTS) is 1. The zero-order chi connectivity index (χ0) is 18.1. The highest BCUT2D eigenvalue weighted by Gasteiger charge is 2.15. The fourth-order valence-corrected chi connectivity index (χ4v) is 2.60. The molecule has 0 bridgehead atoms. The SMILES string of the molecule is Cc1c(Cl)cccc1NC(=O)Cn1c(=O)oc2ccc(C(=O)O)cc21. The number of amides is 1. The van der Waals surface area contributed by atoms with Gasteiger partial charge in [0.25, 0.3) is 0 Å². The predicted octanol–water partition coefficient (Wildman–Crippen LogP) is 2.89. The molecule has 7 nitrogen and oxygen atoms in total. The van der Waals surface area contributed by atoms with Crippen LogP contribution in [-0.2, 0) is 11.3 Å². The number of carboxylic acids is 1. The van der Waals surface area contributed by atoms with Gasteiger partial charge in [0.1, 0.15) is 6.54 Å². The second kappa shape index (κ2) is 6.45. The van der Waals surface area contributed by atoms with Crippen molar-refractivity contribution in [1.82, 2.24) is 4.57 Å². The van der Waals surface area contributed by atoms with Crippen LogP contribution in [0.25, 0.3) is 11.1 Å². The Kier molecular flexibility index (Phi) is 4.33. The van der Waals surface area contributed by atoms with E-state index in [-0.39, 0.29) is 23.2 Å². The Morgan fingerprint density at radius 2 is 2.04 bits per heavy atom. The lowest BCUT2D eigenvalue weighted by Gasteiger charge is -2.09. The van der Waals surface area contributed by atoms with Crippen molar-refractivity contribution in [3.05, 3.63) is 63.1 Å². The number of carbonyl (C=O) groups excluding carboxylic acids is 1. The quantitative estimate of drug-likeness (QED) is 0.744. The molecular weight excluding hydrogens is 348 g/mol. The molecule has 0 aliphatic heterocycles. The minimum absolute atomic E-state index is 0.00635. The van der Waals surface area contributed by atoms with Gasteiger partial charge >= 0.3 is 11.7 Å². The summed E-state index contributed by atoms with van der Waals surface area (Å²) in [6, 6.07) is 9.10. The Balaban J connectivity index is 1.92. The van der Waals surface area contributed by atoms with Crippen LogP contribution in [0.2, 0.25) is 5.02 Å². The van der Waals surface area contributed by atoms with E-state index < -0.39 is 17.6 Å². The first-order chi connectivity index (χ1) is 11.9. The summed E-state index contributed by atoms with van der Waals surface area (Å²) in [5.41, 5.74) is 1.68. The molecule has 8 heteroatoms. The maximum atomic E-state index is 12.3. The van der Waals surface area contributed by atoms with E-state index in [0.29, 0.717) is 16.3 Å². The molecule has 0 atom stereocenters. The van der Waals surface area contributed by atoms with Crippen molar-refractivity contribution in [3.63, 3.8) is 0 Å². The molecular formula is C17H13ClN2O5. The topological polar surface area (TPSA) is 102 Å². The average Bonchev–Trinajstić information content (AvgIpc) is 2.87. The highest BCUT2D eigenvalue weighted by molar-refractivity contribution is 6.31. The second-order valence-corrected chi connectivity index (χ2v) is 5.81. The van der Waals surface area contributed by atoms with Gasteiger partial charge in [0, 0.05) is 10.7 Å². The molecule has 0 aliphatic rings. The van der Waals surface area contributed by atoms with Crippen LogP contribution in [0, 0.1) is 6.92 Å². The van der Waals surface area contributed by atoms with E-state index in [1.165, 1.54) is 18.2 Å². The summed E-state index contributed by atoms with van der Waals surface area (Å²) in [5.74, 6) is -2.34. The van der Waals surface area contributed by atoms with Gasteiger partial charge in [-0.05, 0) is 42.8 Å². The molecule has 0 saturated heterocycles. The molecule has 0 fully saturated rings. The van der Waals surface area contributed by atoms with Crippen LogP contribution >= 0.6 is 11.6 Å². The third-order valence-electron chi connectivity index (χ3n) is 3.76. The number of aromatic carboxylic acids is 1. The summed E-state index contributed by atoms with van der Waals surface area (Å²) in [7, 11) is 0. The molecule has 0 radical (unpaired) electrons.